The molecule has 1 saturated heterocycles. The molecule has 3 aromatic rings. The van der Waals surface area contributed by atoms with Gasteiger partial charge in [-0.2, -0.15) is 0 Å². The molecule has 1 aliphatic rings. The van der Waals surface area contributed by atoms with E-state index in [-0.39, 0.29) is 48.6 Å². The Kier molecular flexibility index (Phi) is 5.57. The van der Waals surface area contributed by atoms with Crippen molar-refractivity contribution < 1.29 is 27.9 Å². The zero-order valence-corrected chi connectivity index (χ0v) is 17.0. The second-order valence-corrected chi connectivity index (χ2v) is 8.40. The average molecular weight is 449 g/mol. The monoisotopic (exact) mass is 449 g/mol. The molecule has 0 unspecified atom stereocenters. The number of hydrogen-bond acceptors (Lipinski definition) is 5. The molecule has 0 bridgehead atoms. The van der Waals surface area contributed by atoms with Crippen molar-refractivity contribution in [1.29, 1.82) is 0 Å². The minimum Gasteiger partial charge on any atom is -0.477 e. The van der Waals surface area contributed by atoms with Gasteiger partial charge in [-0.15, -0.1) is 11.3 Å². The molecule has 6 nitrogen and oxygen atoms in total. The van der Waals surface area contributed by atoms with Gasteiger partial charge in [0.25, 0.3) is 5.91 Å². The summed E-state index contributed by atoms with van der Waals surface area (Å²) in [5.74, 6) is -4.74. The second-order valence-electron chi connectivity index (χ2n) is 7.32. The number of carbonyl (C=O) groups is 2. The smallest absolute Gasteiger partial charge is 0.345 e. The van der Waals surface area contributed by atoms with Crippen molar-refractivity contribution in [2.75, 3.05) is 23.3 Å². The van der Waals surface area contributed by atoms with E-state index < -0.39 is 23.6 Å². The highest BCUT2D eigenvalue weighted by atomic mass is 32.1. The number of pyridine rings is 1. The number of thiophene rings is 1. The SMILES string of the molecule is O=C(O)c1ccc(NC(=O)c2cc3ccc(F)cc3nc2N2CCCC(F)(F)CC2)s1. The van der Waals surface area contributed by atoms with Gasteiger partial charge >= 0.3 is 5.97 Å². The van der Waals surface area contributed by atoms with Gasteiger partial charge in [0.15, 0.2) is 0 Å². The summed E-state index contributed by atoms with van der Waals surface area (Å²) in [6.45, 7) is 0.287. The van der Waals surface area contributed by atoms with E-state index in [1.807, 2.05) is 0 Å². The number of halogens is 3. The van der Waals surface area contributed by atoms with E-state index in [0.29, 0.717) is 15.9 Å². The Hall–Kier alpha value is -3.14. The third kappa shape index (κ3) is 4.63. The van der Waals surface area contributed by atoms with E-state index in [1.165, 1.54) is 30.3 Å². The summed E-state index contributed by atoms with van der Waals surface area (Å²) in [6, 6.07) is 8.36. The summed E-state index contributed by atoms with van der Waals surface area (Å²) in [4.78, 5) is 30.2. The number of hydrogen-bond donors (Lipinski definition) is 2. The number of carbonyl (C=O) groups excluding carboxylic acids is 1. The van der Waals surface area contributed by atoms with Crippen molar-refractivity contribution in [3.63, 3.8) is 0 Å². The Balaban J connectivity index is 1.72. The maximum Gasteiger partial charge on any atom is 0.345 e. The zero-order valence-electron chi connectivity index (χ0n) is 16.2. The van der Waals surface area contributed by atoms with Crippen LogP contribution in [0.3, 0.4) is 0 Å². The van der Waals surface area contributed by atoms with Crippen molar-refractivity contribution >= 4 is 44.9 Å². The number of fused-ring (bicyclic) bond motifs is 1. The largest absolute Gasteiger partial charge is 0.477 e. The molecule has 0 saturated carbocycles. The molecule has 10 heteroatoms. The topological polar surface area (TPSA) is 82.5 Å². The number of nitrogens with one attached hydrogen (secondary N) is 1. The summed E-state index contributed by atoms with van der Waals surface area (Å²) in [5, 5.41) is 12.6. The highest BCUT2D eigenvalue weighted by molar-refractivity contribution is 7.18. The molecule has 0 atom stereocenters. The minimum atomic E-state index is -2.79. The number of alkyl halides is 2. The number of amides is 1. The standard InChI is InChI=1S/C21H18F3N3O3S/c22-13-3-2-12-10-14(19(28)26-17-5-4-16(31-17)20(29)30)18(25-15(12)11-13)27-8-1-6-21(23,24)7-9-27/h2-5,10-11H,1,6-9H2,(H,26,28)(H,29,30). The van der Waals surface area contributed by atoms with Gasteiger partial charge in [0.05, 0.1) is 16.1 Å². The molecule has 1 fully saturated rings. The fraction of sp³-hybridized carbons (Fsp3) is 0.286. The lowest BCUT2D eigenvalue weighted by atomic mass is 10.1. The molecule has 0 radical (unpaired) electrons. The van der Waals surface area contributed by atoms with Crippen LogP contribution in [0.5, 0.6) is 0 Å². The van der Waals surface area contributed by atoms with Crippen molar-refractivity contribution in [3.05, 3.63) is 52.7 Å². The number of benzene rings is 1. The Labute approximate surface area is 179 Å². The number of carboxylic acid groups (broad SMARTS) is 1. The second kappa shape index (κ2) is 8.18. The first-order chi connectivity index (χ1) is 14.7. The molecular weight excluding hydrogens is 431 g/mol. The van der Waals surface area contributed by atoms with Crippen LogP contribution in [0.15, 0.2) is 36.4 Å². The fourth-order valence-electron chi connectivity index (χ4n) is 3.51. The van der Waals surface area contributed by atoms with Crippen LogP contribution >= 0.6 is 11.3 Å². The summed E-state index contributed by atoms with van der Waals surface area (Å²) in [7, 11) is 0. The predicted molar refractivity (Wildman–Crippen MR) is 112 cm³/mol. The predicted octanol–water partition coefficient (Wildman–Crippen LogP) is 5.01. The molecule has 1 aromatic carbocycles. The number of aromatic carboxylic acids is 1. The molecule has 2 aromatic heterocycles. The van der Waals surface area contributed by atoms with Gasteiger partial charge < -0.3 is 15.3 Å². The number of anilines is 2. The maximum absolute atomic E-state index is 13.9. The Bertz CT molecular complexity index is 1170. The van der Waals surface area contributed by atoms with Crippen LogP contribution in [-0.4, -0.2) is 41.0 Å². The Morgan fingerprint density at radius 3 is 2.68 bits per heavy atom. The molecule has 1 aliphatic heterocycles. The first kappa shape index (κ1) is 21.1. The van der Waals surface area contributed by atoms with Crippen LogP contribution in [0.1, 0.15) is 39.3 Å². The molecule has 1 amide bonds. The lowest BCUT2D eigenvalue weighted by molar-refractivity contribution is -0.0102. The quantitative estimate of drug-likeness (QED) is 0.585. The van der Waals surface area contributed by atoms with Gasteiger partial charge in [0.1, 0.15) is 16.5 Å². The summed E-state index contributed by atoms with van der Waals surface area (Å²) in [6.07, 6.45) is -0.395. The third-order valence-corrected chi connectivity index (χ3v) is 6.06. The van der Waals surface area contributed by atoms with Gasteiger partial charge in [0, 0.05) is 37.4 Å². The molecule has 0 aliphatic carbocycles. The number of rotatable bonds is 4. The fourth-order valence-corrected chi connectivity index (χ4v) is 4.25. The minimum absolute atomic E-state index is 0.00324. The molecule has 162 valence electrons. The van der Waals surface area contributed by atoms with Gasteiger partial charge in [-0.05, 0) is 36.8 Å². The van der Waals surface area contributed by atoms with Crippen LogP contribution < -0.4 is 10.2 Å². The van der Waals surface area contributed by atoms with Gasteiger partial charge in [-0.1, -0.05) is 0 Å². The molecular formula is C21H18F3N3O3S. The van der Waals surface area contributed by atoms with Gasteiger partial charge in [-0.25, -0.2) is 22.9 Å². The summed E-state index contributed by atoms with van der Waals surface area (Å²) in [5.41, 5.74) is 0.460. The van der Waals surface area contributed by atoms with E-state index in [4.69, 9.17) is 5.11 Å². The van der Waals surface area contributed by atoms with E-state index in [0.717, 1.165) is 11.3 Å². The van der Waals surface area contributed by atoms with Crippen molar-refractivity contribution in [2.45, 2.75) is 25.2 Å². The Morgan fingerprint density at radius 2 is 1.94 bits per heavy atom. The number of carboxylic acids is 1. The van der Waals surface area contributed by atoms with E-state index in [2.05, 4.69) is 10.3 Å². The highest BCUT2D eigenvalue weighted by Gasteiger charge is 2.33. The van der Waals surface area contributed by atoms with Crippen LogP contribution in [0.2, 0.25) is 0 Å². The first-order valence-electron chi connectivity index (χ1n) is 9.59. The molecule has 3 heterocycles. The molecule has 31 heavy (non-hydrogen) atoms. The number of nitrogens with zero attached hydrogens (tertiary/aromatic N) is 2. The lowest BCUT2D eigenvalue weighted by Crippen LogP contribution is -2.29. The van der Waals surface area contributed by atoms with Crippen molar-refractivity contribution in [2.24, 2.45) is 0 Å². The Morgan fingerprint density at radius 1 is 1.13 bits per heavy atom. The average Bonchev–Trinajstić information content (AvgIpc) is 3.10. The maximum atomic E-state index is 13.9. The van der Waals surface area contributed by atoms with E-state index in [9.17, 15) is 22.8 Å². The zero-order chi connectivity index (χ0) is 22.2. The first-order valence-corrected chi connectivity index (χ1v) is 10.4. The normalized spacial score (nSPS) is 16.2. The van der Waals surface area contributed by atoms with Crippen LogP contribution in [-0.2, 0) is 0 Å². The van der Waals surface area contributed by atoms with Crippen LogP contribution in [0, 0.1) is 5.82 Å². The molecule has 2 N–H and O–H groups in total. The third-order valence-electron chi connectivity index (χ3n) is 5.08. The number of aromatic nitrogens is 1. The summed E-state index contributed by atoms with van der Waals surface area (Å²) < 4.78 is 41.4. The molecule has 0 spiro atoms. The van der Waals surface area contributed by atoms with E-state index >= 15 is 0 Å². The molecule has 4 rings (SSSR count). The van der Waals surface area contributed by atoms with Gasteiger partial charge in [0.2, 0.25) is 5.92 Å². The van der Waals surface area contributed by atoms with Crippen LogP contribution in [0.25, 0.3) is 10.9 Å². The van der Waals surface area contributed by atoms with Crippen molar-refractivity contribution in [1.82, 2.24) is 4.98 Å². The lowest BCUT2D eigenvalue weighted by Gasteiger charge is -2.24. The highest BCUT2D eigenvalue weighted by Crippen LogP contribution is 2.32. The van der Waals surface area contributed by atoms with Crippen LogP contribution in [0.4, 0.5) is 24.0 Å². The summed E-state index contributed by atoms with van der Waals surface area (Å²) >= 11 is 0.900. The van der Waals surface area contributed by atoms with Gasteiger partial charge in [-0.3, -0.25) is 4.79 Å². The van der Waals surface area contributed by atoms with Crippen molar-refractivity contribution in [3.8, 4) is 0 Å². The van der Waals surface area contributed by atoms with E-state index in [1.54, 1.807) is 11.0 Å².